The molecule has 2 N–H and O–H groups in total. The number of amides is 2. The van der Waals surface area contributed by atoms with Crippen molar-refractivity contribution in [3.05, 3.63) is 71.0 Å². The van der Waals surface area contributed by atoms with Crippen molar-refractivity contribution in [1.29, 1.82) is 0 Å². The van der Waals surface area contributed by atoms with Crippen molar-refractivity contribution in [2.45, 2.75) is 25.0 Å². The van der Waals surface area contributed by atoms with Gasteiger partial charge in [-0.3, -0.25) is 9.59 Å². The average molecular weight is 468 g/mol. The first-order valence-electron chi connectivity index (χ1n) is 10.2. The van der Waals surface area contributed by atoms with Crippen LogP contribution in [0, 0.1) is 6.92 Å². The lowest BCUT2D eigenvalue weighted by molar-refractivity contribution is -0.113. The van der Waals surface area contributed by atoms with E-state index in [4.69, 9.17) is 4.74 Å². The van der Waals surface area contributed by atoms with Crippen LogP contribution in [-0.4, -0.2) is 45.4 Å². The van der Waals surface area contributed by atoms with E-state index in [0.717, 1.165) is 5.56 Å². The maximum atomic E-state index is 12.6. The van der Waals surface area contributed by atoms with E-state index in [2.05, 4.69) is 20.8 Å². The zero-order valence-corrected chi connectivity index (χ0v) is 19.6. The minimum absolute atomic E-state index is 0.0609. The second kappa shape index (κ2) is 10.8. The fraction of sp³-hybridized carbons (Fsp3) is 0.261. The fourth-order valence-corrected chi connectivity index (χ4v) is 3.91. The van der Waals surface area contributed by atoms with Crippen LogP contribution in [0.15, 0.2) is 53.7 Å². The number of anilines is 1. The Morgan fingerprint density at radius 1 is 1.06 bits per heavy atom. The summed E-state index contributed by atoms with van der Waals surface area (Å²) in [5, 5.41) is 14.5. The van der Waals surface area contributed by atoms with E-state index in [9.17, 15) is 14.4 Å². The predicted octanol–water partition coefficient (Wildman–Crippen LogP) is 3.13. The number of carbonyl (C=O) groups excluding carboxylic acids is 3. The van der Waals surface area contributed by atoms with Crippen LogP contribution in [0.5, 0.6) is 0 Å². The van der Waals surface area contributed by atoms with Crippen molar-refractivity contribution in [2.24, 2.45) is 7.05 Å². The van der Waals surface area contributed by atoms with Crippen molar-refractivity contribution >= 4 is 35.2 Å². The Bertz CT molecular complexity index is 1180. The highest BCUT2D eigenvalue weighted by Crippen LogP contribution is 2.21. The molecule has 2 aromatic carbocycles. The first-order chi connectivity index (χ1) is 15.8. The lowest BCUT2D eigenvalue weighted by Gasteiger charge is -2.14. The topological polar surface area (TPSA) is 115 Å². The molecule has 1 heterocycles. The van der Waals surface area contributed by atoms with Crippen LogP contribution in [0.3, 0.4) is 0 Å². The Morgan fingerprint density at radius 2 is 1.73 bits per heavy atom. The Morgan fingerprint density at radius 3 is 2.42 bits per heavy atom. The third-order valence-corrected chi connectivity index (χ3v) is 5.95. The zero-order chi connectivity index (χ0) is 24.0. The third-order valence-electron chi connectivity index (χ3n) is 4.93. The number of rotatable bonds is 8. The van der Waals surface area contributed by atoms with E-state index in [1.165, 1.54) is 18.9 Å². The summed E-state index contributed by atoms with van der Waals surface area (Å²) in [5.74, 6) is -0.400. The highest BCUT2D eigenvalue weighted by molar-refractivity contribution is 7.99. The largest absolute Gasteiger partial charge is 0.465 e. The van der Waals surface area contributed by atoms with Crippen molar-refractivity contribution in [3.63, 3.8) is 0 Å². The SMILES string of the molecule is COC(=O)c1ccccc1NC(=O)CSc1nnc([C@@H](C)NC(=O)c2ccccc2C)n1C. The summed E-state index contributed by atoms with van der Waals surface area (Å²) in [7, 11) is 3.06. The van der Waals surface area contributed by atoms with Crippen molar-refractivity contribution < 1.29 is 19.1 Å². The number of hydrogen-bond donors (Lipinski definition) is 2. The van der Waals surface area contributed by atoms with Crippen LogP contribution >= 0.6 is 11.8 Å². The molecule has 172 valence electrons. The molecule has 3 aromatic rings. The second-order valence-electron chi connectivity index (χ2n) is 7.28. The van der Waals surface area contributed by atoms with Gasteiger partial charge in [0.1, 0.15) is 0 Å². The fourth-order valence-electron chi connectivity index (χ4n) is 3.19. The van der Waals surface area contributed by atoms with Gasteiger partial charge in [0.15, 0.2) is 11.0 Å². The second-order valence-corrected chi connectivity index (χ2v) is 8.23. The van der Waals surface area contributed by atoms with Gasteiger partial charge in [-0.1, -0.05) is 42.1 Å². The zero-order valence-electron chi connectivity index (χ0n) is 18.8. The monoisotopic (exact) mass is 467 g/mol. The molecule has 1 aromatic heterocycles. The number of ether oxygens (including phenoxy) is 1. The van der Waals surface area contributed by atoms with Crippen LogP contribution in [0.25, 0.3) is 0 Å². The van der Waals surface area contributed by atoms with Crippen LogP contribution in [0.2, 0.25) is 0 Å². The maximum absolute atomic E-state index is 12.6. The number of carbonyl (C=O) groups is 3. The third kappa shape index (κ3) is 5.78. The van der Waals surface area contributed by atoms with E-state index in [0.29, 0.717) is 22.2 Å². The minimum atomic E-state index is -0.529. The molecular weight excluding hydrogens is 442 g/mol. The van der Waals surface area contributed by atoms with Gasteiger partial charge in [-0.05, 0) is 37.6 Å². The number of nitrogens with zero attached hydrogens (tertiary/aromatic N) is 3. The Hall–Kier alpha value is -3.66. The molecule has 0 aliphatic rings. The van der Waals surface area contributed by atoms with Gasteiger partial charge in [0, 0.05) is 12.6 Å². The molecule has 0 unspecified atom stereocenters. The summed E-state index contributed by atoms with van der Waals surface area (Å²) in [6.45, 7) is 3.70. The van der Waals surface area contributed by atoms with Gasteiger partial charge in [0.05, 0.1) is 30.2 Å². The van der Waals surface area contributed by atoms with Gasteiger partial charge < -0.3 is 19.9 Å². The molecule has 0 bridgehead atoms. The molecule has 0 spiro atoms. The van der Waals surface area contributed by atoms with Crippen LogP contribution in [0.1, 0.15) is 45.1 Å². The number of para-hydroxylation sites is 1. The Balaban J connectivity index is 1.61. The van der Waals surface area contributed by atoms with E-state index in [1.807, 2.05) is 32.0 Å². The minimum Gasteiger partial charge on any atom is -0.465 e. The molecule has 0 saturated heterocycles. The van der Waals surface area contributed by atoms with Crippen LogP contribution < -0.4 is 10.6 Å². The number of hydrogen-bond acceptors (Lipinski definition) is 7. The number of aryl methyl sites for hydroxylation is 1. The summed E-state index contributed by atoms with van der Waals surface area (Å²) in [6, 6.07) is 13.6. The molecule has 0 aliphatic heterocycles. The van der Waals surface area contributed by atoms with Gasteiger partial charge in [-0.2, -0.15) is 0 Å². The average Bonchev–Trinajstić information content (AvgIpc) is 3.18. The number of aromatic nitrogens is 3. The van der Waals surface area contributed by atoms with Crippen molar-refractivity contribution in [2.75, 3.05) is 18.2 Å². The lowest BCUT2D eigenvalue weighted by Crippen LogP contribution is -2.29. The van der Waals surface area contributed by atoms with E-state index in [-0.39, 0.29) is 29.2 Å². The molecule has 0 aliphatic carbocycles. The molecule has 33 heavy (non-hydrogen) atoms. The molecule has 10 heteroatoms. The first-order valence-corrected chi connectivity index (χ1v) is 11.2. The highest BCUT2D eigenvalue weighted by atomic mass is 32.2. The van der Waals surface area contributed by atoms with Gasteiger partial charge in [0.2, 0.25) is 5.91 Å². The smallest absolute Gasteiger partial charge is 0.339 e. The van der Waals surface area contributed by atoms with Gasteiger partial charge in [-0.25, -0.2) is 4.79 Å². The van der Waals surface area contributed by atoms with E-state index >= 15 is 0 Å². The van der Waals surface area contributed by atoms with E-state index in [1.54, 1.807) is 41.9 Å². The molecule has 1 atom stereocenters. The summed E-state index contributed by atoms with van der Waals surface area (Å²) in [6.07, 6.45) is 0. The number of esters is 1. The molecule has 9 nitrogen and oxygen atoms in total. The molecular formula is C23H25N5O4S. The summed E-state index contributed by atoms with van der Waals surface area (Å²) >= 11 is 1.20. The van der Waals surface area contributed by atoms with Crippen molar-refractivity contribution in [1.82, 2.24) is 20.1 Å². The molecule has 0 radical (unpaired) electrons. The van der Waals surface area contributed by atoms with Gasteiger partial charge in [0.25, 0.3) is 5.91 Å². The van der Waals surface area contributed by atoms with E-state index < -0.39 is 5.97 Å². The first kappa shape index (κ1) is 24.0. The molecule has 2 amide bonds. The van der Waals surface area contributed by atoms with Crippen molar-refractivity contribution in [3.8, 4) is 0 Å². The standard InChI is InChI=1S/C23H25N5O4S/c1-14-9-5-6-10-16(14)21(30)24-15(2)20-26-27-23(28(20)3)33-13-19(29)25-18-12-8-7-11-17(18)22(31)32-4/h5-12,15H,13H2,1-4H3,(H,24,30)(H,25,29)/t15-/m1/s1. The Labute approximate surface area is 195 Å². The lowest BCUT2D eigenvalue weighted by atomic mass is 10.1. The Kier molecular flexibility index (Phi) is 7.83. The highest BCUT2D eigenvalue weighted by Gasteiger charge is 2.20. The van der Waals surface area contributed by atoms with Crippen LogP contribution in [-0.2, 0) is 16.6 Å². The quantitative estimate of drug-likeness (QED) is 0.386. The van der Waals surface area contributed by atoms with Crippen LogP contribution in [0.4, 0.5) is 5.69 Å². The summed E-state index contributed by atoms with van der Waals surface area (Å²) < 4.78 is 6.48. The normalized spacial score (nSPS) is 11.5. The number of thioether (sulfide) groups is 1. The molecule has 0 fully saturated rings. The van der Waals surface area contributed by atoms with Gasteiger partial charge >= 0.3 is 5.97 Å². The molecule has 0 saturated carbocycles. The molecule has 3 rings (SSSR count). The number of nitrogens with one attached hydrogen (secondary N) is 2. The predicted molar refractivity (Wildman–Crippen MR) is 125 cm³/mol. The van der Waals surface area contributed by atoms with Gasteiger partial charge in [-0.15, -0.1) is 10.2 Å². The number of methoxy groups -OCH3 is 1. The number of benzene rings is 2. The summed E-state index contributed by atoms with van der Waals surface area (Å²) in [4.78, 5) is 36.9. The maximum Gasteiger partial charge on any atom is 0.339 e. The summed E-state index contributed by atoms with van der Waals surface area (Å²) in [5.41, 5.74) is 2.14.